The number of nitrogen functional groups attached to an aromatic ring is 1. The van der Waals surface area contributed by atoms with E-state index in [9.17, 15) is 10.1 Å². The van der Waals surface area contributed by atoms with Crippen molar-refractivity contribution < 1.29 is 4.92 Å². The minimum absolute atomic E-state index is 0.0666. The number of nitrogens with zero attached hydrogens (tertiary/aromatic N) is 8. The largest absolute Gasteiger partial charge is 0.483 e. The summed E-state index contributed by atoms with van der Waals surface area (Å²) in [6, 6.07) is 0. The third-order valence-electron chi connectivity index (χ3n) is 1.28. The van der Waals surface area contributed by atoms with Crippen molar-refractivity contribution in [1.29, 1.82) is 0 Å². The SMILES string of the molecule is Nc1nc([N+](=O)[O-])nn1-c1nnn[n-]1. The fourth-order valence-corrected chi connectivity index (χ4v) is 0.762. The van der Waals surface area contributed by atoms with Crippen LogP contribution in [0.2, 0.25) is 0 Å². The third-order valence-corrected chi connectivity index (χ3v) is 1.28. The second-order valence-electron chi connectivity index (χ2n) is 2.12. The molecule has 0 amide bonds. The number of nitrogens with two attached hydrogens (primary N) is 1. The van der Waals surface area contributed by atoms with Gasteiger partial charge < -0.3 is 15.8 Å². The number of rotatable bonds is 2. The van der Waals surface area contributed by atoms with E-state index < -0.39 is 10.9 Å². The lowest BCUT2D eigenvalue weighted by Gasteiger charge is -1.94. The Balaban J connectivity index is 2.50. The molecule has 72 valence electrons. The summed E-state index contributed by atoms with van der Waals surface area (Å²) < 4.78 is 0.873. The van der Waals surface area contributed by atoms with E-state index in [1.165, 1.54) is 0 Å². The molecule has 0 aliphatic carbocycles. The Kier molecular flexibility index (Phi) is 1.56. The molecule has 2 heterocycles. The van der Waals surface area contributed by atoms with E-state index in [4.69, 9.17) is 5.73 Å². The first kappa shape index (κ1) is 8.03. The van der Waals surface area contributed by atoms with Gasteiger partial charge in [-0.15, -0.1) is 5.21 Å². The van der Waals surface area contributed by atoms with E-state index in [0.717, 1.165) is 4.68 Å². The van der Waals surface area contributed by atoms with E-state index in [0.29, 0.717) is 0 Å². The molecule has 0 bridgehead atoms. The maximum atomic E-state index is 10.3. The normalized spacial score (nSPS) is 10.3. The van der Waals surface area contributed by atoms with E-state index in [1.54, 1.807) is 0 Å². The van der Waals surface area contributed by atoms with Gasteiger partial charge >= 0.3 is 5.95 Å². The van der Waals surface area contributed by atoms with Crippen LogP contribution in [0.15, 0.2) is 0 Å². The molecule has 2 aromatic heterocycles. The zero-order valence-corrected chi connectivity index (χ0v) is 6.47. The van der Waals surface area contributed by atoms with Crippen molar-refractivity contribution in [2.75, 3.05) is 5.73 Å². The standard InChI is InChI=1S/C3H2N9O2/c4-1-5-2(12(13)14)8-11(1)3-6-9-10-7-3/h(H2-,4,5,6,7,8,9,10)/q-1. The molecule has 0 saturated heterocycles. The number of hydrogen-bond donors (Lipinski definition) is 1. The van der Waals surface area contributed by atoms with E-state index >= 15 is 0 Å². The fourth-order valence-electron chi connectivity index (χ4n) is 0.762. The van der Waals surface area contributed by atoms with Gasteiger partial charge in [0.05, 0.1) is 0 Å². The van der Waals surface area contributed by atoms with Gasteiger partial charge in [-0.3, -0.25) is 5.10 Å². The molecule has 14 heavy (non-hydrogen) atoms. The van der Waals surface area contributed by atoms with Crippen LogP contribution in [0.4, 0.5) is 11.9 Å². The smallest absolute Gasteiger partial charge is 0.390 e. The summed E-state index contributed by atoms with van der Waals surface area (Å²) in [5.74, 6) is -0.901. The minimum Gasteiger partial charge on any atom is -0.390 e. The highest BCUT2D eigenvalue weighted by atomic mass is 16.6. The average molecular weight is 196 g/mol. The van der Waals surface area contributed by atoms with E-state index in [1.807, 2.05) is 0 Å². The second-order valence-corrected chi connectivity index (χ2v) is 2.12. The highest BCUT2D eigenvalue weighted by molar-refractivity contribution is 5.28. The van der Waals surface area contributed by atoms with Crippen molar-refractivity contribution in [3.8, 4) is 5.95 Å². The Morgan fingerprint density at radius 1 is 1.57 bits per heavy atom. The zero-order chi connectivity index (χ0) is 10.1. The van der Waals surface area contributed by atoms with Crippen LogP contribution >= 0.6 is 0 Å². The summed E-state index contributed by atoms with van der Waals surface area (Å²) in [5, 5.41) is 26.9. The number of anilines is 1. The molecule has 0 aliphatic rings. The van der Waals surface area contributed by atoms with Crippen molar-refractivity contribution in [3.63, 3.8) is 0 Å². The van der Waals surface area contributed by atoms with Gasteiger partial charge in [0.15, 0.2) is 0 Å². The van der Waals surface area contributed by atoms with Crippen LogP contribution in [0.25, 0.3) is 5.95 Å². The Labute approximate surface area is 75.1 Å². The molecule has 2 aromatic rings. The predicted molar refractivity (Wildman–Crippen MR) is 39.1 cm³/mol. The molecular weight excluding hydrogens is 194 g/mol. The van der Waals surface area contributed by atoms with Gasteiger partial charge in [0.2, 0.25) is 0 Å². The van der Waals surface area contributed by atoms with E-state index in [-0.39, 0.29) is 11.9 Å². The molecule has 0 saturated carbocycles. The lowest BCUT2D eigenvalue weighted by Crippen LogP contribution is -2.05. The van der Waals surface area contributed by atoms with E-state index in [2.05, 4.69) is 30.7 Å². The van der Waals surface area contributed by atoms with Crippen molar-refractivity contribution in [1.82, 2.24) is 35.4 Å². The molecule has 11 heteroatoms. The first-order valence-electron chi connectivity index (χ1n) is 3.24. The molecule has 0 atom stereocenters. The van der Waals surface area contributed by atoms with Crippen LogP contribution in [-0.4, -0.2) is 35.2 Å². The Morgan fingerprint density at radius 3 is 2.86 bits per heavy atom. The summed E-state index contributed by atoms with van der Waals surface area (Å²) in [6.45, 7) is 0. The molecule has 0 spiro atoms. The van der Waals surface area contributed by atoms with Gasteiger partial charge in [-0.05, 0) is 15.0 Å². The summed E-state index contributed by atoms with van der Waals surface area (Å²) >= 11 is 0. The molecular formula is C3H2N9O2-. The van der Waals surface area contributed by atoms with Crippen molar-refractivity contribution in [2.24, 2.45) is 0 Å². The number of tetrazole rings is 1. The van der Waals surface area contributed by atoms with Crippen LogP contribution in [-0.2, 0) is 0 Å². The number of nitro groups is 1. The average Bonchev–Trinajstić information content (AvgIpc) is 2.71. The maximum Gasteiger partial charge on any atom is 0.483 e. The monoisotopic (exact) mass is 196 g/mol. The Hall–Kier alpha value is -2.59. The number of hydrogen-bond acceptors (Lipinski definition) is 8. The van der Waals surface area contributed by atoms with Gasteiger partial charge in [-0.2, -0.15) is 9.90 Å². The van der Waals surface area contributed by atoms with Crippen LogP contribution < -0.4 is 10.8 Å². The molecule has 0 aliphatic heterocycles. The molecule has 0 fully saturated rings. The summed E-state index contributed by atoms with van der Waals surface area (Å²) in [4.78, 5) is 12.9. The maximum absolute atomic E-state index is 10.3. The topological polar surface area (TPSA) is 153 Å². The first-order chi connectivity index (χ1) is 6.68. The van der Waals surface area contributed by atoms with Crippen LogP contribution in [0.5, 0.6) is 0 Å². The lowest BCUT2D eigenvalue weighted by atomic mass is 10.9. The second kappa shape index (κ2) is 2.72. The van der Waals surface area contributed by atoms with Gasteiger partial charge in [0.25, 0.3) is 5.95 Å². The van der Waals surface area contributed by atoms with Crippen LogP contribution in [0, 0.1) is 10.1 Å². The van der Waals surface area contributed by atoms with Crippen molar-refractivity contribution in [2.45, 2.75) is 0 Å². The minimum atomic E-state index is -0.781. The van der Waals surface area contributed by atoms with Gasteiger partial charge in [0.1, 0.15) is 5.95 Å². The number of aromatic nitrogens is 7. The summed E-state index contributed by atoms with van der Waals surface area (Å²) in [7, 11) is 0. The molecule has 0 radical (unpaired) electrons. The Bertz CT molecular complexity index is 456. The van der Waals surface area contributed by atoms with Crippen molar-refractivity contribution >= 4 is 11.9 Å². The Morgan fingerprint density at radius 2 is 2.36 bits per heavy atom. The summed E-state index contributed by atoms with van der Waals surface area (Å²) in [6.07, 6.45) is 0. The molecule has 2 N–H and O–H groups in total. The van der Waals surface area contributed by atoms with Gasteiger partial charge in [0, 0.05) is 0 Å². The van der Waals surface area contributed by atoms with Gasteiger partial charge in [-0.1, -0.05) is 0 Å². The van der Waals surface area contributed by atoms with Crippen molar-refractivity contribution in [3.05, 3.63) is 10.1 Å². The first-order valence-corrected chi connectivity index (χ1v) is 3.24. The quantitative estimate of drug-likeness (QED) is 0.420. The zero-order valence-electron chi connectivity index (χ0n) is 6.47. The molecule has 0 unspecified atom stereocenters. The lowest BCUT2D eigenvalue weighted by molar-refractivity contribution is -0.394. The van der Waals surface area contributed by atoms with Gasteiger partial charge in [-0.25, -0.2) is 5.10 Å². The summed E-state index contributed by atoms with van der Waals surface area (Å²) in [5.41, 5.74) is 5.32. The van der Waals surface area contributed by atoms with Crippen LogP contribution in [0.3, 0.4) is 0 Å². The molecule has 11 nitrogen and oxygen atoms in total. The fraction of sp³-hybridized carbons (Fsp3) is 0. The highest BCUT2D eigenvalue weighted by Crippen LogP contribution is 2.09. The molecule has 0 aromatic carbocycles. The predicted octanol–water partition coefficient (Wildman–Crippen LogP) is -2.10. The highest BCUT2D eigenvalue weighted by Gasteiger charge is 2.17. The van der Waals surface area contributed by atoms with Crippen LogP contribution in [0.1, 0.15) is 0 Å². The molecule has 2 rings (SSSR count). The third kappa shape index (κ3) is 1.12.